The number of methoxy groups -OCH3 is 1. The number of ether oxygens (including phenoxy) is 1. The highest BCUT2D eigenvalue weighted by atomic mass is 32.1. The molecule has 0 unspecified atom stereocenters. The topological polar surface area (TPSA) is 55.3 Å². The van der Waals surface area contributed by atoms with Gasteiger partial charge < -0.3 is 9.64 Å². The molecule has 0 spiro atoms. The second-order valence-corrected chi connectivity index (χ2v) is 5.70. The van der Waals surface area contributed by atoms with Crippen LogP contribution in [-0.4, -0.2) is 41.2 Å². The third-order valence-electron chi connectivity index (χ3n) is 3.37. The number of aromatic nitrogens is 2. The summed E-state index contributed by atoms with van der Waals surface area (Å²) in [7, 11) is 1.19. The highest BCUT2D eigenvalue weighted by molar-refractivity contribution is 7.09. The lowest BCUT2D eigenvalue weighted by molar-refractivity contribution is -0.156. The van der Waals surface area contributed by atoms with Crippen LogP contribution in [0.3, 0.4) is 0 Å². The zero-order valence-corrected chi connectivity index (χ0v) is 12.3. The molecule has 110 valence electrons. The number of benzene rings is 1. The van der Waals surface area contributed by atoms with Gasteiger partial charge in [0.2, 0.25) is 10.8 Å². The maximum absolute atomic E-state index is 14.0. The number of rotatable bonds is 4. The second kappa shape index (κ2) is 5.40. The molecule has 0 atom stereocenters. The van der Waals surface area contributed by atoms with Crippen LogP contribution in [0.5, 0.6) is 0 Å². The smallest absolute Gasteiger partial charge is 0.347 e. The molecule has 1 saturated heterocycles. The molecule has 1 aliphatic rings. The maximum atomic E-state index is 14.0. The van der Waals surface area contributed by atoms with E-state index in [1.54, 1.807) is 4.90 Å². The van der Waals surface area contributed by atoms with Crippen molar-refractivity contribution in [3.05, 3.63) is 41.7 Å². The van der Waals surface area contributed by atoms with Crippen molar-refractivity contribution < 1.29 is 13.9 Å². The first-order valence-electron chi connectivity index (χ1n) is 6.49. The number of carbonyl (C=O) groups is 1. The van der Waals surface area contributed by atoms with Gasteiger partial charge in [0.15, 0.2) is 0 Å². The lowest BCUT2D eigenvalue weighted by Crippen LogP contribution is -2.63. The molecule has 0 aliphatic carbocycles. The Balaban J connectivity index is 1.63. The fourth-order valence-electron chi connectivity index (χ4n) is 2.23. The van der Waals surface area contributed by atoms with Crippen molar-refractivity contribution in [1.29, 1.82) is 0 Å². The standard InChI is InChI=1S/C14H14FN3O2S/c1-20-12(19)14(15)8-18(9-14)13-16-11(17-21-13)7-10-5-3-2-4-6-10/h2-6H,7-9H2,1H3. The van der Waals surface area contributed by atoms with Gasteiger partial charge >= 0.3 is 5.97 Å². The average Bonchev–Trinajstić information content (AvgIpc) is 2.92. The van der Waals surface area contributed by atoms with Crippen molar-refractivity contribution in [2.75, 3.05) is 25.1 Å². The predicted molar refractivity (Wildman–Crippen MR) is 77.2 cm³/mol. The Morgan fingerprint density at radius 3 is 2.81 bits per heavy atom. The molecule has 2 heterocycles. The molecule has 7 heteroatoms. The van der Waals surface area contributed by atoms with Gasteiger partial charge in [-0.25, -0.2) is 14.2 Å². The summed E-state index contributed by atoms with van der Waals surface area (Å²) in [5.74, 6) is -0.122. The van der Waals surface area contributed by atoms with Crippen LogP contribution in [0.15, 0.2) is 30.3 Å². The van der Waals surface area contributed by atoms with Gasteiger partial charge in [0.05, 0.1) is 20.2 Å². The van der Waals surface area contributed by atoms with E-state index in [2.05, 4.69) is 14.1 Å². The van der Waals surface area contributed by atoms with E-state index in [-0.39, 0.29) is 13.1 Å². The summed E-state index contributed by atoms with van der Waals surface area (Å²) in [5, 5.41) is 0.637. The third-order valence-corrected chi connectivity index (χ3v) is 4.18. The third kappa shape index (κ3) is 2.73. The van der Waals surface area contributed by atoms with Crippen molar-refractivity contribution in [1.82, 2.24) is 9.36 Å². The Morgan fingerprint density at radius 2 is 2.14 bits per heavy atom. The van der Waals surface area contributed by atoms with Gasteiger partial charge in [-0.3, -0.25) is 0 Å². The quantitative estimate of drug-likeness (QED) is 0.807. The SMILES string of the molecule is COC(=O)C1(F)CN(c2nc(Cc3ccccc3)ns2)C1. The van der Waals surface area contributed by atoms with Gasteiger partial charge in [-0.05, 0) is 5.56 Å². The normalized spacial score (nSPS) is 16.4. The largest absolute Gasteiger partial charge is 0.467 e. The van der Waals surface area contributed by atoms with Crippen LogP contribution in [0.25, 0.3) is 0 Å². The molecular formula is C14H14FN3O2S. The highest BCUT2D eigenvalue weighted by Gasteiger charge is 2.52. The summed E-state index contributed by atoms with van der Waals surface area (Å²) in [4.78, 5) is 17.4. The molecule has 1 aliphatic heterocycles. The molecule has 5 nitrogen and oxygen atoms in total. The number of anilines is 1. The van der Waals surface area contributed by atoms with E-state index in [0.29, 0.717) is 17.4 Å². The molecule has 21 heavy (non-hydrogen) atoms. The molecule has 0 radical (unpaired) electrons. The number of halogens is 1. The zero-order chi connectivity index (χ0) is 14.9. The Morgan fingerprint density at radius 1 is 1.43 bits per heavy atom. The fourth-order valence-corrected chi connectivity index (χ4v) is 2.91. The highest BCUT2D eigenvalue weighted by Crippen LogP contribution is 2.32. The van der Waals surface area contributed by atoms with Crippen LogP contribution in [0.1, 0.15) is 11.4 Å². The van der Waals surface area contributed by atoms with Gasteiger partial charge in [-0.1, -0.05) is 30.3 Å². The van der Waals surface area contributed by atoms with E-state index in [1.165, 1.54) is 18.6 Å². The van der Waals surface area contributed by atoms with E-state index in [4.69, 9.17) is 0 Å². The van der Waals surface area contributed by atoms with Gasteiger partial charge in [-0.15, -0.1) is 0 Å². The summed E-state index contributed by atoms with van der Waals surface area (Å²) < 4.78 is 22.8. The van der Waals surface area contributed by atoms with Crippen LogP contribution in [0, 0.1) is 0 Å². The van der Waals surface area contributed by atoms with E-state index < -0.39 is 11.6 Å². The minimum atomic E-state index is -1.92. The monoisotopic (exact) mass is 307 g/mol. The van der Waals surface area contributed by atoms with Gasteiger partial charge in [0.25, 0.3) is 0 Å². The minimum absolute atomic E-state index is 0.0281. The van der Waals surface area contributed by atoms with Gasteiger partial charge in [-0.2, -0.15) is 4.37 Å². The average molecular weight is 307 g/mol. The predicted octanol–water partition coefficient (Wildman–Crippen LogP) is 1.83. The first-order chi connectivity index (χ1) is 10.1. The van der Waals surface area contributed by atoms with E-state index in [9.17, 15) is 9.18 Å². The summed E-state index contributed by atoms with van der Waals surface area (Å²) in [6, 6.07) is 9.90. The first kappa shape index (κ1) is 13.9. The summed E-state index contributed by atoms with van der Waals surface area (Å²) in [5.41, 5.74) is -0.792. The first-order valence-corrected chi connectivity index (χ1v) is 7.27. The number of alkyl halides is 1. The molecule has 1 fully saturated rings. The number of esters is 1. The molecule has 1 aromatic carbocycles. The van der Waals surface area contributed by atoms with Crippen LogP contribution >= 0.6 is 11.5 Å². The van der Waals surface area contributed by atoms with Crippen molar-refractivity contribution in [2.45, 2.75) is 12.1 Å². The van der Waals surface area contributed by atoms with Crippen LogP contribution in [0.2, 0.25) is 0 Å². The number of nitrogens with zero attached hydrogens (tertiary/aromatic N) is 3. The van der Waals surface area contributed by atoms with Crippen molar-refractivity contribution >= 4 is 22.6 Å². The van der Waals surface area contributed by atoms with Gasteiger partial charge in [0, 0.05) is 18.0 Å². The van der Waals surface area contributed by atoms with Crippen LogP contribution < -0.4 is 4.90 Å². The van der Waals surface area contributed by atoms with Gasteiger partial charge in [0.1, 0.15) is 5.82 Å². The van der Waals surface area contributed by atoms with Crippen LogP contribution in [-0.2, 0) is 16.0 Å². The minimum Gasteiger partial charge on any atom is -0.467 e. The Hall–Kier alpha value is -2.02. The summed E-state index contributed by atoms with van der Waals surface area (Å²) in [6.07, 6.45) is 0.642. The zero-order valence-electron chi connectivity index (χ0n) is 11.5. The second-order valence-electron chi connectivity index (χ2n) is 4.97. The van der Waals surface area contributed by atoms with E-state index >= 15 is 0 Å². The lowest BCUT2D eigenvalue weighted by atomic mass is 9.97. The molecule has 0 N–H and O–H groups in total. The number of carbonyl (C=O) groups excluding carboxylic acids is 1. The van der Waals surface area contributed by atoms with Crippen molar-refractivity contribution in [3.63, 3.8) is 0 Å². The lowest BCUT2D eigenvalue weighted by Gasteiger charge is -2.41. The number of hydrogen-bond acceptors (Lipinski definition) is 6. The molecular weight excluding hydrogens is 293 g/mol. The Labute approximate surface area is 125 Å². The Kier molecular flexibility index (Phi) is 3.59. The fraction of sp³-hybridized carbons (Fsp3) is 0.357. The van der Waals surface area contributed by atoms with Crippen molar-refractivity contribution in [2.24, 2.45) is 0 Å². The summed E-state index contributed by atoms with van der Waals surface area (Å²) >= 11 is 1.22. The molecule has 1 aromatic heterocycles. The Bertz CT molecular complexity index is 641. The van der Waals surface area contributed by atoms with Crippen LogP contribution in [0.4, 0.5) is 9.52 Å². The van der Waals surface area contributed by atoms with E-state index in [1.807, 2.05) is 30.3 Å². The van der Waals surface area contributed by atoms with E-state index in [0.717, 1.165) is 5.56 Å². The van der Waals surface area contributed by atoms with Crippen molar-refractivity contribution in [3.8, 4) is 0 Å². The number of hydrogen-bond donors (Lipinski definition) is 0. The molecule has 0 amide bonds. The molecule has 0 bridgehead atoms. The molecule has 2 aromatic rings. The molecule has 3 rings (SSSR count). The maximum Gasteiger partial charge on any atom is 0.347 e. The summed E-state index contributed by atoms with van der Waals surface area (Å²) in [6.45, 7) is -0.0563. The molecule has 0 saturated carbocycles.